The van der Waals surface area contributed by atoms with Gasteiger partial charge in [-0.25, -0.2) is 13.4 Å². The number of aromatic nitrogens is 1. The van der Waals surface area contributed by atoms with Gasteiger partial charge in [-0.15, -0.1) is 11.3 Å². The van der Waals surface area contributed by atoms with Crippen molar-refractivity contribution in [1.82, 2.24) is 9.88 Å². The number of rotatable bonds is 7. The van der Waals surface area contributed by atoms with Crippen LogP contribution in [0, 0.1) is 6.92 Å². The Kier molecular flexibility index (Phi) is 6.22. The standard InChI is InChI=1S/C23H27N3O2S2/c1-3-12-26-13-11-20(15-26)18-7-9-21(10-8-18)25-30(27,28)22-6-4-5-19(14-22)23-16-29-17(2)24-23/h4-10,14,16,20,25H,3,11-13,15H2,1-2H3/t20-/m1/s1. The molecule has 3 aromatic rings. The van der Waals surface area contributed by atoms with Gasteiger partial charge in [0.15, 0.2) is 0 Å². The van der Waals surface area contributed by atoms with Gasteiger partial charge in [0.05, 0.1) is 15.6 Å². The second kappa shape index (κ2) is 8.88. The molecule has 5 nitrogen and oxygen atoms in total. The van der Waals surface area contributed by atoms with E-state index in [9.17, 15) is 8.42 Å². The highest BCUT2D eigenvalue weighted by atomic mass is 32.2. The van der Waals surface area contributed by atoms with Crippen molar-refractivity contribution >= 4 is 27.0 Å². The fourth-order valence-corrected chi connectivity index (χ4v) is 5.71. The lowest BCUT2D eigenvalue weighted by Crippen LogP contribution is -2.20. The highest BCUT2D eigenvalue weighted by molar-refractivity contribution is 7.92. The molecule has 7 heteroatoms. The molecule has 1 atom stereocenters. The van der Waals surface area contributed by atoms with Crippen LogP contribution in [0.25, 0.3) is 11.3 Å². The van der Waals surface area contributed by atoms with Crippen LogP contribution in [0.3, 0.4) is 0 Å². The largest absolute Gasteiger partial charge is 0.303 e. The van der Waals surface area contributed by atoms with E-state index < -0.39 is 10.0 Å². The molecule has 1 fully saturated rings. The summed E-state index contributed by atoms with van der Waals surface area (Å²) in [7, 11) is -3.67. The summed E-state index contributed by atoms with van der Waals surface area (Å²) in [4.78, 5) is 7.19. The van der Waals surface area contributed by atoms with Crippen LogP contribution in [0.15, 0.2) is 58.8 Å². The highest BCUT2D eigenvalue weighted by Gasteiger charge is 2.23. The van der Waals surface area contributed by atoms with E-state index in [1.54, 1.807) is 29.5 Å². The number of nitrogens with one attached hydrogen (secondary N) is 1. The van der Waals surface area contributed by atoms with Gasteiger partial charge in [0.2, 0.25) is 0 Å². The van der Waals surface area contributed by atoms with Crippen LogP contribution in [0.2, 0.25) is 0 Å². The highest BCUT2D eigenvalue weighted by Crippen LogP contribution is 2.29. The molecule has 0 aliphatic carbocycles. The second-order valence-corrected chi connectivity index (χ2v) is 10.5. The third-order valence-corrected chi connectivity index (χ3v) is 7.66. The average Bonchev–Trinajstić information content (AvgIpc) is 3.38. The van der Waals surface area contributed by atoms with Crippen molar-refractivity contribution in [3.05, 3.63) is 64.5 Å². The average molecular weight is 442 g/mol. The van der Waals surface area contributed by atoms with Crippen LogP contribution in [-0.4, -0.2) is 37.9 Å². The summed E-state index contributed by atoms with van der Waals surface area (Å²) < 4.78 is 28.5. The third-order valence-electron chi connectivity index (χ3n) is 5.51. The van der Waals surface area contributed by atoms with Crippen LogP contribution in [0.4, 0.5) is 5.69 Å². The van der Waals surface area contributed by atoms with E-state index in [4.69, 9.17) is 0 Å². The van der Waals surface area contributed by atoms with Crippen molar-refractivity contribution in [2.75, 3.05) is 24.4 Å². The van der Waals surface area contributed by atoms with Gasteiger partial charge in [0.1, 0.15) is 0 Å². The molecule has 30 heavy (non-hydrogen) atoms. The van der Waals surface area contributed by atoms with Crippen molar-refractivity contribution < 1.29 is 8.42 Å². The maximum Gasteiger partial charge on any atom is 0.261 e. The van der Waals surface area contributed by atoms with Gasteiger partial charge in [-0.2, -0.15) is 0 Å². The molecule has 0 bridgehead atoms. The zero-order valence-electron chi connectivity index (χ0n) is 17.3. The number of hydrogen-bond donors (Lipinski definition) is 1. The topological polar surface area (TPSA) is 62.3 Å². The fourth-order valence-electron chi connectivity index (χ4n) is 3.98. The minimum absolute atomic E-state index is 0.237. The van der Waals surface area contributed by atoms with E-state index in [-0.39, 0.29) is 4.90 Å². The van der Waals surface area contributed by atoms with Crippen molar-refractivity contribution in [2.45, 2.75) is 37.5 Å². The van der Waals surface area contributed by atoms with Crippen LogP contribution >= 0.6 is 11.3 Å². The van der Waals surface area contributed by atoms with E-state index >= 15 is 0 Å². The first-order valence-electron chi connectivity index (χ1n) is 10.3. The molecular formula is C23H27N3O2S2. The van der Waals surface area contributed by atoms with Crippen LogP contribution in [-0.2, 0) is 10.0 Å². The Morgan fingerprint density at radius 2 is 2.00 bits per heavy atom. The van der Waals surface area contributed by atoms with Crippen LogP contribution in [0.1, 0.15) is 36.3 Å². The second-order valence-electron chi connectivity index (χ2n) is 7.79. The summed E-state index contributed by atoms with van der Waals surface area (Å²) >= 11 is 1.55. The van der Waals surface area contributed by atoms with Crippen molar-refractivity contribution in [1.29, 1.82) is 0 Å². The van der Waals surface area contributed by atoms with Crippen molar-refractivity contribution in [3.8, 4) is 11.3 Å². The zero-order valence-corrected chi connectivity index (χ0v) is 19.0. The summed E-state index contributed by atoms with van der Waals surface area (Å²) in [6.45, 7) is 7.52. The molecule has 1 saturated heterocycles. The first-order chi connectivity index (χ1) is 14.4. The van der Waals surface area contributed by atoms with Gasteiger partial charge < -0.3 is 4.90 Å². The van der Waals surface area contributed by atoms with Gasteiger partial charge in [-0.1, -0.05) is 31.2 Å². The Bertz CT molecular complexity index is 1110. The lowest BCUT2D eigenvalue weighted by molar-refractivity contribution is 0.335. The van der Waals surface area contributed by atoms with E-state index in [1.165, 1.54) is 12.0 Å². The molecule has 1 aliphatic heterocycles. The summed E-state index contributed by atoms with van der Waals surface area (Å²) in [5.74, 6) is 0.528. The first-order valence-corrected chi connectivity index (χ1v) is 12.7. The minimum atomic E-state index is -3.67. The quantitative estimate of drug-likeness (QED) is 0.553. The lowest BCUT2D eigenvalue weighted by Gasteiger charge is -2.15. The maximum atomic E-state index is 12.9. The Labute approximate surface area is 182 Å². The molecule has 2 aromatic carbocycles. The Hall–Kier alpha value is -2.22. The van der Waals surface area contributed by atoms with Gasteiger partial charge in [0.25, 0.3) is 10.0 Å². The molecule has 0 spiro atoms. The normalized spacial score (nSPS) is 17.3. The Morgan fingerprint density at radius 1 is 1.20 bits per heavy atom. The molecule has 0 saturated carbocycles. The molecule has 1 N–H and O–H groups in total. The molecule has 4 rings (SSSR count). The molecule has 0 amide bonds. The van der Waals surface area contributed by atoms with Gasteiger partial charge in [-0.3, -0.25) is 4.72 Å². The van der Waals surface area contributed by atoms with E-state index in [0.29, 0.717) is 11.6 Å². The Morgan fingerprint density at radius 3 is 2.70 bits per heavy atom. The molecular weight excluding hydrogens is 414 g/mol. The minimum Gasteiger partial charge on any atom is -0.303 e. The SMILES string of the molecule is CCCN1CC[C@@H](c2ccc(NS(=O)(=O)c3cccc(-c4csc(C)n4)c3)cc2)C1. The monoisotopic (exact) mass is 441 g/mol. The van der Waals surface area contributed by atoms with E-state index in [1.807, 2.05) is 42.6 Å². The van der Waals surface area contributed by atoms with E-state index in [0.717, 1.165) is 42.3 Å². The molecule has 1 aliphatic rings. The van der Waals surface area contributed by atoms with Gasteiger partial charge >= 0.3 is 0 Å². The molecule has 158 valence electrons. The van der Waals surface area contributed by atoms with Gasteiger partial charge in [0, 0.05) is 23.2 Å². The number of benzene rings is 2. The molecule has 2 heterocycles. The van der Waals surface area contributed by atoms with E-state index in [2.05, 4.69) is 21.5 Å². The summed E-state index contributed by atoms with van der Waals surface area (Å²) in [5.41, 5.74) is 3.46. The summed E-state index contributed by atoms with van der Waals surface area (Å²) in [5, 5.41) is 2.90. The molecule has 0 radical (unpaired) electrons. The number of sulfonamides is 1. The van der Waals surface area contributed by atoms with Gasteiger partial charge in [-0.05, 0) is 68.6 Å². The number of thiazole rings is 1. The van der Waals surface area contributed by atoms with Crippen molar-refractivity contribution in [2.24, 2.45) is 0 Å². The molecule has 0 unspecified atom stereocenters. The Balaban J connectivity index is 1.47. The smallest absolute Gasteiger partial charge is 0.261 e. The summed E-state index contributed by atoms with van der Waals surface area (Å²) in [6, 6.07) is 14.7. The number of nitrogens with zero attached hydrogens (tertiary/aromatic N) is 2. The third kappa shape index (κ3) is 4.74. The number of aryl methyl sites for hydroxylation is 1. The fraction of sp³-hybridized carbons (Fsp3) is 0.348. The predicted molar refractivity (Wildman–Crippen MR) is 124 cm³/mol. The predicted octanol–water partition coefficient (Wildman–Crippen LogP) is 5.12. The number of anilines is 1. The molecule has 1 aromatic heterocycles. The first kappa shape index (κ1) is 21.0. The lowest BCUT2D eigenvalue weighted by atomic mass is 9.98. The zero-order chi connectivity index (χ0) is 21.1. The number of hydrogen-bond acceptors (Lipinski definition) is 5. The number of likely N-dealkylation sites (tertiary alicyclic amines) is 1. The van der Waals surface area contributed by atoms with Crippen LogP contribution < -0.4 is 4.72 Å². The van der Waals surface area contributed by atoms with Crippen LogP contribution in [0.5, 0.6) is 0 Å². The summed E-state index contributed by atoms with van der Waals surface area (Å²) in [6.07, 6.45) is 2.34. The maximum absolute atomic E-state index is 12.9. The van der Waals surface area contributed by atoms with Crippen molar-refractivity contribution in [3.63, 3.8) is 0 Å².